The molecule has 1 unspecified atom stereocenters. The maximum absolute atomic E-state index is 12.6. The molecule has 2 saturated heterocycles. The number of benzene rings is 1. The molecule has 0 bridgehead atoms. The lowest BCUT2D eigenvalue weighted by Gasteiger charge is -2.37. The molecule has 0 aromatic heterocycles. The Bertz CT molecular complexity index is 651. The fraction of sp³-hybridized carbons (Fsp3) is 0.588. The summed E-state index contributed by atoms with van der Waals surface area (Å²) in [4.78, 5) is 16.8. The van der Waals surface area contributed by atoms with Crippen LogP contribution in [0.3, 0.4) is 0 Å². The number of carbonyl (C=O) groups is 1. The molecule has 3 heterocycles. The molecular formula is C17H21ClN2O3. The molecule has 1 atom stereocenters. The molecule has 23 heavy (non-hydrogen) atoms. The number of fused-ring (bicyclic) bond motifs is 1. The second kappa shape index (κ2) is 5.56. The number of hydrogen-bond acceptors (Lipinski definition) is 4. The van der Waals surface area contributed by atoms with Gasteiger partial charge in [-0.2, -0.15) is 0 Å². The molecule has 0 N–H and O–H groups in total. The van der Waals surface area contributed by atoms with Crippen LogP contribution < -0.4 is 9.47 Å². The predicted molar refractivity (Wildman–Crippen MR) is 86.8 cm³/mol. The van der Waals surface area contributed by atoms with Crippen LogP contribution in [0.4, 0.5) is 0 Å². The van der Waals surface area contributed by atoms with Crippen molar-refractivity contribution in [3.05, 3.63) is 22.7 Å². The third-order valence-electron chi connectivity index (χ3n) is 5.32. The van der Waals surface area contributed by atoms with Gasteiger partial charge in [-0.15, -0.1) is 0 Å². The summed E-state index contributed by atoms with van der Waals surface area (Å²) in [5.41, 5.74) is 0.847. The van der Waals surface area contributed by atoms with E-state index in [9.17, 15) is 4.79 Å². The Morgan fingerprint density at radius 3 is 2.83 bits per heavy atom. The average Bonchev–Trinajstić information content (AvgIpc) is 3.13. The molecule has 0 aliphatic carbocycles. The number of carbonyl (C=O) groups excluding carboxylic acids is 1. The predicted octanol–water partition coefficient (Wildman–Crippen LogP) is 2.51. The first-order valence-electron chi connectivity index (χ1n) is 8.13. The standard InChI is InChI=1S/C17H21ClN2O3/c1-19-5-2-3-17(16(19)21)4-6-20(10-17)9-12-7-14-15(8-13(12)18)23-11-22-14/h7-8H,2-6,9-11H2,1H3. The molecule has 1 amide bonds. The topological polar surface area (TPSA) is 42.0 Å². The zero-order chi connectivity index (χ0) is 16.0. The SMILES string of the molecule is CN1CCCC2(CCN(Cc3cc4c(cc3Cl)OCO4)C2)C1=O. The fourth-order valence-electron chi connectivity index (χ4n) is 4.06. The Balaban J connectivity index is 1.50. The molecule has 1 spiro atoms. The zero-order valence-electron chi connectivity index (χ0n) is 13.3. The van der Waals surface area contributed by atoms with Gasteiger partial charge in [-0.05, 0) is 37.4 Å². The molecule has 1 aromatic carbocycles. The number of likely N-dealkylation sites (tertiary alicyclic amines) is 2. The summed E-state index contributed by atoms with van der Waals surface area (Å²) in [5.74, 6) is 1.77. The lowest BCUT2D eigenvalue weighted by Crippen LogP contribution is -2.48. The van der Waals surface area contributed by atoms with E-state index in [0.29, 0.717) is 16.7 Å². The number of piperidine rings is 1. The summed E-state index contributed by atoms with van der Waals surface area (Å²) >= 11 is 6.38. The summed E-state index contributed by atoms with van der Waals surface area (Å²) in [6, 6.07) is 3.79. The first-order valence-corrected chi connectivity index (χ1v) is 8.51. The van der Waals surface area contributed by atoms with Crippen LogP contribution >= 0.6 is 11.6 Å². The largest absolute Gasteiger partial charge is 0.454 e. The molecule has 5 nitrogen and oxygen atoms in total. The van der Waals surface area contributed by atoms with E-state index in [1.54, 1.807) is 0 Å². The van der Waals surface area contributed by atoms with Gasteiger partial charge in [-0.1, -0.05) is 11.6 Å². The molecular weight excluding hydrogens is 316 g/mol. The molecule has 3 aliphatic heterocycles. The van der Waals surface area contributed by atoms with Gasteiger partial charge >= 0.3 is 0 Å². The van der Waals surface area contributed by atoms with Gasteiger partial charge in [0.1, 0.15) is 0 Å². The van der Waals surface area contributed by atoms with Crippen LogP contribution in [0.25, 0.3) is 0 Å². The van der Waals surface area contributed by atoms with Crippen molar-refractivity contribution in [3.63, 3.8) is 0 Å². The number of halogens is 1. The highest BCUT2D eigenvalue weighted by atomic mass is 35.5. The van der Waals surface area contributed by atoms with E-state index in [1.807, 2.05) is 24.1 Å². The van der Waals surface area contributed by atoms with Crippen molar-refractivity contribution in [2.45, 2.75) is 25.8 Å². The van der Waals surface area contributed by atoms with Crippen molar-refractivity contribution in [2.75, 3.05) is 33.5 Å². The van der Waals surface area contributed by atoms with E-state index < -0.39 is 0 Å². The summed E-state index contributed by atoms with van der Waals surface area (Å²) in [6.07, 6.45) is 3.04. The first-order chi connectivity index (χ1) is 11.1. The van der Waals surface area contributed by atoms with E-state index in [1.165, 1.54) is 0 Å². The van der Waals surface area contributed by atoms with Crippen molar-refractivity contribution < 1.29 is 14.3 Å². The summed E-state index contributed by atoms with van der Waals surface area (Å²) in [6.45, 7) is 3.64. The van der Waals surface area contributed by atoms with E-state index in [-0.39, 0.29) is 12.2 Å². The van der Waals surface area contributed by atoms with Crippen molar-refractivity contribution >= 4 is 17.5 Å². The van der Waals surface area contributed by atoms with Crippen LogP contribution in [-0.2, 0) is 11.3 Å². The Kier molecular flexibility index (Phi) is 3.65. The minimum Gasteiger partial charge on any atom is -0.454 e. The highest BCUT2D eigenvalue weighted by Gasteiger charge is 2.47. The number of ether oxygens (including phenoxy) is 2. The summed E-state index contributed by atoms with van der Waals surface area (Å²) < 4.78 is 10.8. The van der Waals surface area contributed by atoms with Gasteiger partial charge in [-0.25, -0.2) is 0 Å². The summed E-state index contributed by atoms with van der Waals surface area (Å²) in [7, 11) is 1.92. The monoisotopic (exact) mass is 336 g/mol. The number of nitrogens with zero attached hydrogens (tertiary/aromatic N) is 2. The van der Waals surface area contributed by atoms with Crippen LogP contribution in [-0.4, -0.2) is 49.2 Å². The van der Waals surface area contributed by atoms with Crippen LogP contribution in [0.15, 0.2) is 12.1 Å². The van der Waals surface area contributed by atoms with Gasteiger partial charge in [0.2, 0.25) is 12.7 Å². The normalized spacial score (nSPS) is 27.2. The van der Waals surface area contributed by atoms with Crippen LogP contribution in [0.1, 0.15) is 24.8 Å². The second-order valence-electron chi connectivity index (χ2n) is 6.87. The summed E-state index contributed by atoms with van der Waals surface area (Å²) in [5, 5.41) is 0.697. The van der Waals surface area contributed by atoms with E-state index >= 15 is 0 Å². The van der Waals surface area contributed by atoms with Gasteiger partial charge in [0.25, 0.3) is 0 Å². The third-order valence-corrected chi connectivity index (χ3v) is 5.67. The first kappa shape index (κ1) is 15.1. The Labute approximate surface area is 141 Å². The van der Waals surface area contributed by atoms with Crippen LogP contribution in [0.2, 0.25) is 5.02 Å². The van der Waals surface area contributed by atoms with Crippen LogP contribution in [0, 0.1) is 5.41 Å². The van der Waals surface area contributed by atoms with Crippen LogP contribution in [0.5, 0.6) is 11.5 Å². The average molecular weight is 337 g/mol. The van der Waals surface area contributed by atoms with Gasteiger partial charge in [0, 0.05) is 37.8 Å². The molecule has 0 saturated carbocycles. The Hall–Kier alpha value is -1.46. The smallest absolute Gasteiger partial charge is 0.231 e. The molecule has 6 heteroatoms. The number of hydrogen-bond donors (Lipinski definition) is 0. The molecule has 0 radical (unpaired) electrons. The van der Waals surface area contributed by atoms with Gasteiger partial charge in [0.15, 0.2) is 11.5 Å². The minimum absolute atomic E-state index is 0.185. The number of amides is 1. The van der Waals surface area contributed by atoms with Gasteiger partial charge in [-0.3, -0.25) is 9.69 Å². The van der Waals surface area contributed by atoms with Crippen molar-refractivity contribution in [1.29, 1.82) is 0 Å². The quantitative estimate of drug-likeness (QED) is 0.832. The van der Waals surface area contributed by atoms with Gasteiger partial charge < -0.3 is 14.4 Å². The Morgan fingerprint density at radius 2 is 2.00 bits per heavy atom. The molecule has 2 fully saturated rings. The van der Waals surface area contributed by atoms with Crippen molar-refractivity contribution in [1.82, 2.24) is 9.80 Å². The van der Waals surface area contributed by atoms with E-state index in [0.717, 1.165) is 56.8 Å². The molecule has 4 rings (SSSR count). The highest BCUT2D eigenvalue weighted by molar-refractivity contribution is 6.31. The maximum Gasteiger partial charge on any atom is 0.231 e. The van der Waals surface area contributed by atoms with Crippen molar-refractivity contribution in [2.24, 2.45) is 5.41 Å². The fourth-order valence-corrected chi connectivity index (χ4v) is 4.27. The second-order valence-corrected chi connectivity index (χ2v) is 7.28. The highest BCUT2D eigenvalue weighted by Crippen LogP contribution is 2.42. The Morgan fingerprint density at radius 1 is 1.22 bits per heavy atom. The molecule has 1 aromatic rings. The van der Waals surface area contributed by atoms with E-state index in [4.69, 9.17) is 21.1 Å². The molecule has 3 aliphatic rings. The number of rotatable bonds is 2. The maximum atomic E-state index is 12.6. The lowest BCUT2D eigenvalue weighted by molar-refractivity contribution is -0.143. The lowest BCUT2D eigenvalue weighted by atomic mass is 9.78. The van der Waals surface area contributed by atoms with Gasteiger partial charge in [0.05, 0.1) is 5.41 Å². The molecule has 124 valence electrons. The van der Waals surface area contributed by atoms with E-state index in [2.05, 4.69) is 4.90 Å². The van der Waals surface area contributed by atoms with Crippen molar-refractivity contribution in [3.8, 4) is 11.5 Å². The third kappa shape index (κ3) is 2.56. The minimum atomic E-state index is -0.185. The zero-order valence-corrected chi connectivity index (χ0v) is 14.1.